The molecule has 7 heteroatoms. The number of phenolic OH excluding ortho intramolecular Hbond substituents is 1. The van der Waals surface area contributed by atoms with Crippen LogP contribution in [0.2, 0.25) is 0 Å². The molecule has 0 aliphatic heterocycles. The highest BCUT2D eigenvalue weighted by molar-refractivity contribution is 9.10. The largest absolute Gasteiger partial charge is 0.507 e. The number of hydrogen-bond donors (Lipinski definition) is 2. The molecule has 0 fully saturated rings. The zero-order valence-corrected chi connectivity index (χ0v) is 13.5. The van der Waals surface area contributed by atoms with E-state index in [0.29, 0.717) is 5.56 Å². The second-order valence-electron chi connectivity index (χ2n) is 4.37. The second-order valence-corrected chi connectivity index (χ2v) is 6.95. The smallest absolute Gasteiger partial charge is 0.276 e. The zero-order valence-electron chi connectivity index (χ0n) is 11.1. The number of hydrazone groups is 1. The summed E-state index contributed by atoms with van der Waals surface area (Å²) >= 11 is 3.26. The standard InChI is InChI=1S/C14H13BrN2O3S/c1-10-2-5-13(6-3-10)21(19,20)17-16-9-11-8-12(15)4-7-14(11)18/h2-9,17-18H,1H3/b16-9+. The fourth-order valence-corrected chi connectivity index (χ4v) is 2.73. The van der Waals surface area contributed by atoms with Crippen molar-refractivity contribution in [3.63, 3.8) is 0 Å². The average molecular weight is 369 g/mol. The van der Waals surface area contributed by atoms with Crippen molar-refractivity contribution in [3.8, 4) is 5.75 Å². The molecule has 0 radical (unpaired) electrons. The molecule has 2 N–H and O–H groups in total. The highest BCUT2D eigenvalue weighted by Gasteiger charge is 2.11. The van der Waals surface area contributed by atoms with E-state index < -0.39 is 10.0 Å². The van der Waals surface area contributed by atoms with Crippen molar-refractivity contribution in [3.05, 3.63) is 58.1 Å². The molecule has 0 aromatic heterocycles. The molecule has 0 atom stereocenters. The van der Waals surface area contributed by atoms with E-state index in [1.807, 2.05) is 6.92 Å². The lowest BCUT2D eigenvalue weighted by Crippen LogP contribution is -2.18. The van der Waals surface area contributed by atoms with E-state index in [1.54, 1.807) is 24.3 Å². The van der Waals surface area contributed by atoms with E-state index in [2.05, 4.69) is 25.9 Å². The van der Waals surface area contributed by atoms with E-state index >= 15 is 0 Å². The first-order chi connectivity index (χ1) is 9.88. The first-order valence-corrected chi connectivity index (χ1v) is 8.26. The van der Waals surface area contributed by atoms with Gasteiger partial charge in [-0.05, 0) is 37.3 Å². The third-order valence-corrected chi connectivity index (χ3v) is 4.43. The third-order valence-electron chi connectivity index (χ3n) is 2.70. The predicted molar refractivity (Wildman–Crippen MR) is 84.9 cm³/mol. The molecule has 2 aromatic rings. The molecule has 21 heavy (non-hydrogen) atoms. The van der Waals surface area contributed by atoms with Gasteiger partial charge in [-0.1, -0.05) is 33.6 Å². The number of aromatic hydroxyl groups is 1. The Morgan fingerprint density at radius 1 is 1.19 bits per heavy atom. The number of phenols is 1. The van der Waals surface area contributed by atoms with Gasteiger partial charge in [0.05, 0.1) is 11.1 Å². The third kappa shape index (κ3) is 4.05. The molecular formula is C14H13BrN2O3S. The van der Waals surface area contributed by atoms with Crippen LogP contribution in [0.1, 0.15) is 11.1 Å². The van der Waals surface area contributed by atoms with E-state index in [9.17, 15) is 13.5 Å². The summed E-state index contributed by atoms with van der Waals surface area (Å²) < 4.78 is 24.7. The SMILES string of the molecule is Cc1ccc(S(=O)(=O)N/N=C/c2cc(Br)ccc2O)cc1. The Morgan fingerprint density at radius 2 is 1.86 bits per heavy atom. The molecule has 0 saturated heterocycles. The quantitative estimate of drug-likeness (QED) is 0.643. The number of aryl methyl sites for hydroxylation is 1. The topological polar surface area (TPSA) is 78.8 Å². The fraction of sp³-hybridized carbons (Fsp3) is 0.0714. The van der Waals surface area contributed by atoms with Crippen LogP contribution in [0.25, 0.3) is 0 Å². The van der Waals surface area contributed by atoms with Crippen LogP contribution in [0.15, 0.2) is 56.9 Å². The van der Waals surface area contributed by atoms with Crippen LogP contribution in [-0.2, 0) is 10.0 Å². The predicted octanol–water partition coefficient (Wildman–Crippen LogP) is 2.78. The second kappa shape index (κ2) is 6.28. The maximum Gasteiger partial charge on any atom is 0.276 e. The van der Waals surface area contributed by atoms with Crippen LogP contribution in [0.4, 0.5) is 0 Å². The Kier molecular flexibility index (Phi) is 4.64. The van der Waals surface area contributed by atoms with E-state index in [0.717, 1.165) is 10.0 Å². The van der Waals surface area contributed by atoms with Crippen LogP contribution < -0.4 is 4.83 Å². The van der Waals surface area contributed by atoms with Gasteiger partial charge in [-0.25, -0.2) is 4.83 Å². The molecule has 110 valence electrons. The average Bonchev–Trinajstić information content (AvgIpc) is 2.43. The molecular weight excluding hydrogens is 356 g/mol. The number of rotatable bonds is 4. The molecule has 0 unspecified atom stereocenters. The lowest BCUT2D eigenvalue weighted by molar-refractivity contribution is 0.474. The number of nitrogens with one attached hydrogen (secondary N) is 1. The fourth-order valence-electron chi connectivity index (χ4n) is 1.56. The van der Waals surface area contributed by atoms with Gasteiger partial charge in [-0.15, -0.1) is 0 Å². The zero-order chi connectivity index (χ0) is 15.5. The molecule has 0 aliphatic rings. The van der Waals surface area contributed by atoms with Gasteiger partial charge < -0.3 is 5.11 Å². The van der Waals surface area contributed by atoms with Crippen LogP contribution in [-0.4, -0.2) is 19.7 Å². The van der Waals surface area contributed by atoms with Crippen molar-refractivity contribution >= 4 is 32.2 Å². The summed E-state index contributed by atoms with van der Waals surface area (Å²) in [5.41, 5.74) is 1.37. The van der Waals surface area contributed by atoms with Crippen molar-refractivity contribution in [2.45, 2.75) is 11.8 Å². The van der Waals surface area contributed by atoms with E-state index in [1.165, 1.54) is 24.4 Å². The molecule has 5 nitrogen and oxygen atoms in total. The summed E-state index contributed by atoms with van der Waals surface area (Å²) in [7, 11) is -3.71. The molecule has 0 amide bonds. The summed E-state index contributed by atoms with van der Waals surface area (Å²) in [6.45, 7) is 1.87. The monoisotopic (exact) mass is 368 g/mol. The summed E-state index contributed by atoms with van der Waals surface area (Å²) in [5.74, 6) is 0.0106. The Balaban J connectivity index is 2.16. The lowest BCUT2D eigenvalue weighted by Gasteiger charge is -2.04. The maximum absolute atomic E-state index is 12.0. The lowest BCUT2D eigenvalue weighted by atomic mass is 10.2. The number of benzene rings is 2. The van der Waals surface area contributed by atoms with Gasteiger partial charge in [0.2, 0.25) is 0 Å². The van der Waals surface area contributed by atoms with Gasteiger partial charge in [0.15, 0.2) is 0 Å². The molecule has 0 spiro atoms. The summed E-state index contributed by atoms with van der Waals surface area (Å²) in [6, 6.07) is 11.2. The van der Waals surface area contributed by atoms with Gasteiger partial charge in [0, 0.05) is 10.0 Å². The summed E-state index contributed by atoms with van der Waals surface area (Å²) in [5, 5.41) is 13.3. The van der Waals surface area contributed by atoms with Crippen molar-refractivity contribution in [2.75, 3.05) is 0 Å². The van der Waals surface area contributed by atoms with Crippen molar-refractivity contribution < 1.29 is 13.5 Å². The minimum atomic E-state index is -3.71. The van der Waals surface area contributed by atoms with Crippen LogP contribution >= 0.6 is 15.9 Å². The highest BCUT2D eigenvalue weighted by atomic mass is 79.9. The summed E-state index contributed by atoms with van der Waals surface area (Å²) in [6.07, 6.45) is 1.24. The van der Waals surface area contributed by atoms with E-state index in [4.69, 9.17) is 0 Å². The first-order valence-electron chi connectivity index (χ1n) is 5.98. The molecule has 0 heterocycles. The normalized spacial score (nSPS) is 11.7. The molecule has 0 aliphatic carbocycles. The number of halogens is 1. The minimum Gasteiger partial charge on any atom is -0.507 e. The van der Waals surface area contributed by atoms with Crippen molar-refractivity contribution in [2.24, 2.45) is 5.10 Å². The van der Waals surface area contributed by atoms with Gasteiger partial charge in [0.1, 0.15) is 5.75 Å². The Hall–Kier alpha value is -1.86. The Labute approximate surface area is 131 Å². The molecule has 2 aromatic carbocycles. The summed E-state index contributed by atoms with van der Waals surface area (Å²) in [4.78, 5) is 2.23. The molecule has 0 bridgehead atoms. The number of nitrogens with zero attached hydrogens (tertiary/aromatic N) is 1. The van der Waals surface area contributed by atoms with E-state index in [-0.39, 0.29) is 10.6 Å². The van der Waals surface area contributed by atoms with Gasteiger partial charge in [-0.2, -0.15) is 13.5 Å². The minimum absolute atomic E-state index is 0.0106. The highest BCUT2D eigenvalue weighted by Crippen LogP contribution is 2.20. The first kappa shape index (κ1) is 15.5. The van der Waals surface area contributed by atoms with Crippen molar-refractivity contribution in [1.29, 1.82) is 0 Å². The van der Waals surface area contributed by atoms with Gasteiger partial charge in [0.25, 0.3) is 10.0 Å². The molecule has 0 saturated carbocycles. The van der Waals surface area contributed by atoms with Gasteiger partial charge >= 0.3 is 0 Å². The maximum atomic E-state index is 12.0. The van der Waals surface area contributed by atoms with Gasteiger partial charge in [-0.3, -0.25) is 0 Å². The number of sulfonamides is 1. The van der Waals surface area contributed by atoms with Crippen LogP contribution in [0.3, 0.4) is 0 Å². The Bertz CT molecular complexity index is 771. The molecule has 2 rings (SSSR count). The Morgan fingerprint density at radius 3 is 2.52 bits per heavy atom. The van der Waals surface area contributed by atoms with Crippen LogP contribution in [0, 0.1) is 6.92 Å². The van der Waals surface area contributed by atoms with Crippen molar-refractivity contribution in [1.82, 2.24) is 4.83 Å². The number of hydrogen-bond acceptors (Lipinski definition) is 4. The van der Waals surface area contributed by atoms with Crippen LogP contribution in [0.5, 0.6) is 5.75 Å².